The van der Waals surface area contributed by atoms with E-state index in [0.717, 1.165) is 4.90 Å². The number of amides is 3. The van der Waals surface area contributed by atoms with Crippen molar-refractivity contribution in [2.75, 3.05) is 25.0 Å². The monoisotopic (exact) mass is 429 g/mol. The molecular weight excluding hydrogens is 406 g/mol. The average molecular weight is 429 g/mol. The normalized spacial score (nSPS) is 13.7. The van der Waals surface area contributed by atoms with Gasteiger partial charge < -0.3 is 5.32 Å². The molecule has 30 heavy (non-hydrogen) atoms. The van der Waals surface area contributed by atoms with Crippen LogP contribution >= 0.6 is 0 Å². The Morgan fingerprint density at radius 1 is 1.00 bits per heavy atom. The number of benzene rings is 2. The molecule has 1 aliphatic heterocycles. The van der Waals surface area contributed by atoms with Gasteiger partial charge in [0, 0.05) is 18.8 Å². The predicted octanol–water partition coefficient (Wildman–Crippen LogP) is 2.26. The molecule has 9 heteroatoms. The van der Waals surface area contributed by atoms with E-state index in [9.17, 15) is 22.8 Å². The van der Waals surface area contributed by atoms with E-state index in [0.29, 0.717) is 18.7 Å². The number of nitrogens with zero attached hydrogens (tertiary/aromatic N) is 2. The summed E-state index contributed by atoms with van der Waals surface area (Å²) >= 11 is 0. The van der Waals surface area contributed by atoms with Crippen LogP contribution in [-0.4, -0.2) is 55.0 Å². The highest BCUT2D eigenvalue weighted by Crippen LogP contribution is 2.25. The summed E-state index contributed by atoms with van der Waals surface area (Å²) in [6.45, 7) is 5.39. The van der Waals surface area contributed by atoms with Gasteiger partial charge in [0.25, 0.3) is 11.8 Å². The Morgan fingerprint density at radius 3 is 2.10 bits per heavy atom. The number of hydrogen-bond donors (Lipinski definition) is 1. The van der Waals surface area contributed by atoms with Crippen LogP contribution in [0.1, 0.15) is 40.1 Å². The lowest BCUT2D eigenvalue weighted by atomic mass is 10.1. The summed E-state index contributed by atoms with van der Waals surface area (Å²) in [7, 11) is -3.70. The molecule has 0 atom stereocenters. The van der Waals surface area contributed by atoms with E-state index >= 15 is 0 Å². The summed E-state index contributed by atoms with van der Waals surface area (Å²) in [6, 6.07) is 11.0. The first-order chi connectivity index (χ1) is 14.2. The van der Waals surface area contributed by atoms with Crippen LogP contribution in [0.4, 0.5) is 5.69 Å². The zero-order valence-electron chi connectivity index (χ0n) is 17.0. The molecule has 3 rings (SSSR count). The number of nitrogens with one attached hydrogen (secondary N) is 1. The fourth-order valence-corrected chi connectivity index (χ4v) is 5.09. The predicted molar refractivity (Wildman–Crippen MR) is 112 cm³/mol. The highest BCUT2D eigenvalue weighted by atomic mass is 32.2. The third-order valence-electron chi connectivity index (χ3n) is 4.98. The minimum Gasteiger partial charge on any atom is -0.324 e. The second kappa shape index (κ2) is 8.37. The summed E-state index contributed by atoms with van der Waals surface area (Å²) in [5.41, 5.74) is 1.35. The maximum absolute atomic E-state index is 12.9. The first-order valence-corrected chi connectivity index (χ1v) is 11.0. The van der Waals surface area contributed by atoms with Gasteiger partial charge in [-0.1, -0.05) is 32.0 Å². The Bertz CT molecular complexity index is 1090. The zero-order chi connectivity index (χ0) is 22.1. The van der Waals surface area contributed by atoms with Gasteiger partial charge in [0.1, 0.15) is 6.54 Å². The van der Waals surface area contributed by atoms with E-state index in [1.807, 2.05) is 0 Å². The van der Waals surface area contributed by atoms with Crippen LogP contribution < -0.4 is 5.32 Å². The second-order valence-electron chi connectivity index (χ2n) is 6.86. The molecule has 0 saturated heterocycles. The Morgan fingerprint density at radius 2 is 1.57 bits per heavy atom. The molecule has 1 heterocycles. The molecule has 0 radical (unpaired) electrons. The highest BCUT2D eigenvalue weighted by molar-refractivity contribution is 7.89. The summed E-state index contributed by atoms with van der Waals surface area (Å²) in [6.07, 6.45) is 0. The molecule has 0 unspecified atom stereocenters. The third-order valence-corrected chi connectivity index (χ3v) is 7.17. The molecule has 2 aromatic rings. The molecule has 2 aromatic carbocycles. The summed E-state index contributed by atoms with van der Waals surface area (Å²) in [4.78, 5) is 38.3. The van der Waals surface area contributed by atoms with Gasteiger partial charge in [-0.3, -0.25) is 19.3 Å². The fraction of sp³-hybridized carbons (Fsp3) is 0.286. The minimum atomic E-state index is -3.70. The number of fused-ring (bicyclic) bond motifs is 1. The average Bonchev–Trinajstić information content (AvgIpc) is 2.95. The molecule has 8 nitrogen and oxygen atoms in total. The van der Waals surface area contributed by atoms with Crippen LogP contribution in [0.3, 0.4) is 0 Å². The third kappa shape index (κ3) is 3.86. The molecule has 0 bridgehead atoms. The van der Waals surface area contributed by atoms with E-state index in [1.165, 1.54) is 22.5 Å². The first-order valence-electron chi connectivity index (χ1n) is 9.56. The van der Waals surface area contributed by atoms with E-state index in [-0.39, 0.29) is 21.7 Å². The maximum Gasteiger partial charge on any atom is 0.262 e. The molecule has 0 fully saturated rings. The molecule has 0 aliphatic carbocycles. The van der Waals surface area contributed by atoms with E-state index < -0.39 is 34.3 Å². The van der Waals surface area contributed by atoms with Crippen molar-refractivity contribution >= 4 is 33.4 Å². The smallest absolute Gasteiger partial charge is 0.262 e. The quantitative estimate of drug-likeness (QED) is 0.680. The van der Waals surface area contributed by atoms with Gasteiger partial charge in [-0.2, -0.15) is 4.31 Å². The molecule has 0 spiro atoms. The number of sulfonamides is 1. The lowest BCUT2D eigenvalue weighted by Crippen LogP contribution is -2.37. The number of rotatable bonds is 7. The number of carbonyl (C=O) groups is 3. The maximum atomic E-state index is 12.9. The van der Waals surface area contributed by atoms with Crippen molar-refractivity contribution in [3.63, 3.8) is 0 Å². The van der Waals surface area contributed by atoms with E-state index in [2.05, 4.69) is 5.32 Å². The zero-order valence-corrected chi connectivity index (χ0v) is 17.8. The number of carbonyl (C=O) groups excluding carboxylic acids is 3. The fourth-order valence-electron chi connectivity index (χ4n) is 3.39. The van der Waals surface area contributed by atoms with Crippen molar-refractivity contribution in [2.24, 2.45) is 0 Å². The Kier molecular flexibility index (Phi) is 6.04. The van der Waals surface area contributed by atoms with Gasteiger partial charge in [-0.25, -0.2) is 8.42 Å². The molecule has 0 saturated carbocycles. The number of imide groups is 1. The summed E-state index contributed by atoms with van der Waals surface area (Å²) < 4.78 is 27.1. The van der Waals surface area contributed by atoms with Gasteiger partial charge >= 0.3 is 0 Å². The first kappa shape index (κ1) is 21.7. The molecule has 3 amide bonds. The highest BCUT2D eigenvalue weighted by Gasteiger charge is 2.36. The van der Waals surface area contributed by atoms with Crippen LogP contribution in [0.25, 0.3) is 0 Å². The van der Waals surface area contributed by atoms with Gasteiger partial charge in [-0.05, 0) is 36.8 Å². The number of aryl methyl sites for hydroxylation is 1. The van der Waals surface area contributed by atoms with Crippen molar-refractivity contribution in [2.45, 2.75) is 25.7 Å². The van der Waals surface area contributed by atoms with Gasteiger partial charge in [0.2, 0.25) is 15.9 Å². The molecule has 158 valence electrons. The molecule has 0 aromatic heterocycles. The second-order valence-corrected chi connectivity index (χ2v) is 8.77. The lowest BCUT2D eigenvalue weighted by Gasteiger charge is -2.20. The van der Waals surface area contributed by atoms with E-state index in [1.54, 1.807) is 45.0 Å². The van der Waals surface area contributed by atoms with Crippen molar-refractivity contribution < 1.29 is 22.8 Å². The molecule has 1 N–H and O–H groups in total. The lowest BCUT2D eigenvalue weighted by molar-refractivity contribution is -0.116. The molecule has 1 aliphatic rings. The minimum absolute atomic E-state index is 0.102. The standard InChI is InChI=1S/C21H23N3O5S/c1-4-23(5-2)30(28,29)18-12-15(11-10-14(18)3)22-19(25)13-24-20(26)16-8-6-7-9-17(16)21(24)27/h6-12H,4-5,13H2,1-3H3,(H,22,25). The van der Waals surface area contributed by atoms with Crippen LogP contribution in [0, 0.1) is 6.92 Å². The Hall–Kier alpha value is -3.04. The summed E-state index contributed by atoms with van der Waals surface area (Å²) in [5.74, 6) is -1.65. The van der Waals surface area contributed by atoms with Crippen LogP contribution in [0.15, 0.2) is 47.4 Å². The van der Waals surface area contributed by atoms with E-state index in [4.69, 9.17) is 0 Å². The number of anilines is 1. The topological polar surface area (TPSA) is 104 Å². The van der Waals surface area contributed by atoms with Crippen LogP contribution in [0.2, 0.25) is 0 Å². The van der Waals surface area contributed by atoms with Crippen molar-refractivity contribution in [3.8, 4) is 0 Å². The molecular formula is C21H23N3O5S. The van der Waals surface area contributed by atoms with Crippen LogP contribution in [0.5, 0.6) is 0 Å². The number of hydrogen-bond acceptors (Lipinski definition) is 5. The Labute approximate surface area is 175 Å². The largest absolute Gasteiger partial charge is 0.324 e. The van der Waals surface area contributed by atoms with Gasteiger partial charge in [0.15, 0.2) is 0 Å². The van der Waals surface area contributed by atoms with Crippen molar-refractivity contribution in [1.29, 1.82) is 0 Å². The SMILES string of the molecule is CCN(CC)S(=O)(=O)c1cc(NC(=O)CN2C(=O)c3ccccc3C2=O)ccc1C. The summed E-state index contributed by atoms with van der Waals surface area (Å²) in [5, 5.41) is 2.58. The Balaban J connectivity index is 1.79. The van der Waals surface area contributed by atoms with Gasteiger partial charge in [0.05, 0.1) is 16.0 Å². The van der Waals surface area contributed by atoms with Crippen LogP contribution in [-0.2, 0) is 14.8 Å². The van der Waals surface area contributed by atoms with Crippen molar-refractivity contribution in [1.82, 2.24) is 9.21 Å². The van der Waals surface area contributed by atoms with Crippen molar-refractivity contribution in [3.05, 3.63) is 59.2 Å². The van der Waals surface area contributed by atoms with Gasteiger partial charge in [-0.15, -0.1) is 0 Å².